The Balaban J connectivity index is 2.55. The van der Waals surface area contributed by atoms with Gasteiger partial charge in [-0.15, -0.1) is 0 Å². The first kappa shape index (κ1) is 12.5. The summed E-state index contributed by atoms with van der Waals surface area (Å²) in [7, 11) is 3.77. The van der Waals surface area contributed by atoms with Crippen LogP contribution >= 0.6 is 0 Å². The van der Waals surface area contributed by atoms with E-state index in [1.54, 1.807) is 0 Å². The fourth-order valence-electron chi connectivity index (χ4n) is 1.31. The van der Waals surface area contributed by atoms with E-state index >= 15 is 0 Å². The summed E-state index contributed by atoms with van der Waals surface area (Å²) < 4.78 is 0. The Hall–Kier alpha value is -1.55. The lowest BCUT2D eigenvalue weighted by molar-refractivity contribution is -0.117. The van der Waals surface area contributed by atoms with Crippen molar-refractivity contribution >= 4 is 17.3 Å². The van der Waals surface area contributed by atoms with Crippen molar-refractivity contribution in [2.24, 2.45) is 0 Å². The highest BCUT2D eigenvalue weighted by Crippen LogP contribution is 2.14. The Morgan fingerprint density at radius 2 is 2.06 bits per heavy atom. The highest BCUT2D eigenvalue weighted by molar-refractivity contribution is 5.92. The van der Waals surface area contributed by atoms with Crippen LogP contribution in [0.2, 0.25) is 0 Å². The second kappa shape index (κ2) is 6.12. The van der Waals surface area contributed by atoms with E-state index in [4.69, 9.17) is 0 Å². The van der Waals surface area contributed by atoms with Gasteiger partial charge in [0.15, 0.2) is 0 Å². The Kier molecular flexibility index (Phi) is 4.79. The van der Waals surface area contributed by atoms with Crippen LogP contribution in [0.3, 0.4) is 0 Å². The van der Waals surface area contributed by atoms with Crippen LogP contribution in [0.5, 0.6) is 0 Å². The number of hydrogen-bond acceptors (Lipinski definition) is 3. The molecule has 88 valence electrons. The van der Waals surface area contributed by atoms with Gasteiger partial charge in [0, 0.05) is 18.4 Å². The molecule has 0 radical (unpaired) electrons. The van der Waals surface area contributed by atoms with Gasteiger partial charge in [-0.05, 0) is 31.8 Å². The van der Waals surface area contributed by atoms with Crippen LogP contribution in [-0.2, 0) is 4.79 Å². The van der Waals surface area contributed by atoms with E-state index in [2.05, 4.69) is 10.6 Å². The molecule has 0 spiro atoms. The van der Waals surface area contributed by atoms with Crippen molar-refractivity contribution < 1.29 is 4.79 Å². The zero-order valence-electron chi connectivity index (χ0n) is 10.1. The monoisotopic (exact) mass is 221 g/mol. The maximum absolute atomic E-state index is 11.6. The van der Waals surface area contributed by atoms with E-state index in [1.165, 1.54) is 0 Å². The smallest absolute Gasteiger partial charge is 0.238 e. The lowest BCUT2D eigenvalue weighted by Crippen LogP contribution is -2.29. The second-order valence-electron chi connectivity index (χ2n) is 3.71. The standard InChI is InChI=1S/C12H19N3O/c1-4-15(3)9-12(16)14-11-7-5-6-10(8-11)13-2/h5-8,13H,4,9H2,1-3H3,(H,14,16). The fourth-order valence-corrected chi connectivity index (χ4v) is 1.31. The molecule has 4 heteroatoms. The third-order valence-corrected chi connectivity index (χ3v) is 2.39. The number of rotatable bonds is 5. The Morgan fingerprint density at radius 3 is 2.69 bits per heavy atom. The van der Waals surface area contributed by atoms with E-state index in [0.717, 1.165) is 17.9 Å². The lowest BCUT2D eigenvalue weighted by Gasteiger charge is -2.13. The minimum absolute atomic E-state index is 0.0117. The summed E-state index contributed by atoms with van der Waals surface area (Å²) >= 11 is 0. The van der Waals surface area contributed by atoms with Crippen molar-refractivity contribution in [2.45, 2.75) is 6.92 Å². The van der Waals surface area contributed by atoms with Gasteiger partial charge in [-0.2, -0.15) is 0 Å². The van der Waals surface area contributed by atoms with Crippen molar-refractivity contribution in [3.63, 3.8) is 0 Å². The van der Waals surface area contributed by atoms with E-state index in [9.17, 15) is 4.79 Å². The van der Waals surface area contributed by atoms with Crippen molar-refractivity contribution in [1.29, 1.82) is 0 Å². The largest absolute Gasteiger partial charge is 0.388 e. The predicted molar refractivity (Wildman–Crippen MR) is 67.8 cm³/mol. The first-order chi connectivity index (χ1) is 7.65. The molecule has 1 rings (SSSR count). The summed E-state index contributed by atoms with van der Waals surface area (Å²) in [5, 5.41) is 5.89. The van der Waals surface area contributed by atoms with E-state index in [1.807, 2.05) is 50.2 Å². The van der Waals surface area contributed by atoms with E-state index in [-0.39, 0.29) is 5.91 Å². The zero-order chi connectivity index (χ0) is 12.0. The third-order valence-electron chi connectivity index (χ3n) is 2.39. The molecule has 0 atom stereocenters. The molecule has 0 aromatic heterocycles. The zero-order valence-corrected chi connectivity index (χ0v) is 10.1. The molecule has 0 aliphatic heterocycles. The number of nitrogens with one attached hydrogen (secondary N) is 2. The molecule has 0 heterocycles. The number of likely N-dealkylation sites (N-methyl/N-ethyl adjacent to an activating group) is 1. The molecule has 4 nitrogen and oxygen atoms in total. The molecule has 0 bridgehead atoms. The average Bonchev–Trinajstić information content (AvgIpc) is 2.28. The van der Waals surface area contributed by atoms with Gasteiger partial charge < -0.3 is 10.6 Å². The molecule has 0 saturated heterocycles. The average molecular weight is 221 g/mol. The summed E-state index contributed by atoms with van der Waals surface area (Å²) in [4.78, 5) is 13.6. The molecular weight excluding hydrogens is 202 g/mol. The maximum atomic E-state index is 11.6. The van der Waals surface area contributed by atoms with Gasteiger partial charge in [0.25, 0.3) is 0 Å². The Labute approximate surface area is 96.6 Å². The van der Waals surface area contributed by atoms with E-state index < -0.39 is 0 Å². The summed E-state index contributed by atoms with van der Waals surface area (Å²) in [6.07, 6.45) is 0. The van der Waals surface area contributed by atoms with Gasteiger partial charge in [-0.1, -0.05) is 13.0 Å². The molecule has 0 aliphatic rings. The van der Waals surface area contributed by atoms with Gasteiger partial charge in [0.05, 0.1) is 6.54 Å². The molecular formula is C12H19N3O. The summed E-state index contributed by atoms with van der Waals surface area (Å²) in [5.41, 5.74) is 1.81. The first-order valence-corrected chi connectivity index (χ1v) is 5.42. The number of amides is 1. The number of hydrogen-bond donors (Lipinski definition) is 2. The first-order valence-electron chi connectivity index (χ1n) is 5.42. The lowest BCUT2D eigenvalue weighted by atomic mass is 10.2. The minimum atomic E-state index is 0.0117. The molecule has 2 N–H and O–H groups in total. The number of carbonyl (C=O) groups excluding carboxylic acids is 1. The third kappa shape index (κ3) is 3.90. The van der Waals surface area contributed by atoms with Crippen molar-refractivity contribution in [2.75, 3.05) is 37.8 Å². The molecule has 1 aromatic rings. The second-order valence-corrected chi connectivity index (χ2v) is 3.71. The van der Waals surface area contributed by atoms with Gasteiger partial charge in [0.2, 0.25) is 5.91 Å². The molecule has 0 saturated carbocycles. The number of anilines is 2. The quantitative estimate of drug-likeness (QED) is 0.794. The molecule has 0 unspecified atom stereocenters. The van der Waals surface area contributed by atoms with Gasteiger partial charge >= 0.3 is 0 Å². The van der Waals surface area contributed by atoms with Crippen LogP contribution < -0.4 is 10.6 Å². The molecule has 1 aromatic carbocycles. The molecule has 1 amide bonds. The molecule has 0 fully saturated rings. The molecule has 16 heavy (non-hydrogen) atoms. The highest BCUT2D eigenvalue weighted by Gasteiger charge is 2.05. The Bertz CT molecular complexity index is 352. The molecule has 0 aliphatic carbocycles. The van der Waals surface area contributed by atoms with Gasteiger partial charge in [-0.3, -0.25) is 9.69 Å². The van der Waals surface area contributed by atoms with Gasteiger partial charge in [-0.25, -0.2) is 0 Å². The van der Waals surface area contributed by atoms with Crippen molar-refractivity contribution in [3.05, 3.63) is 24.3 Å². The number of nitrogens with zero attached hydrogens (tertiary/aromatic N) is 1. The van der Waals surface area contributed by atoms with Crippen molar-refractivity contribution in [3.8, 4) is 0 Å². The SMILES string of the molecule is CCN(C)CC(=O)Nc1cccc(NC)c1. The van der Waals surface area contributed by atoms with Crippen molar-refractivity contribution in [1.82, 2.24) is 4.90 Å². The van der Waals surface area contributed by atoms with Crippen LogP contribution in [0.4, 0.5) is 11.4 Å². The summed E-state index contributed by atoms with van der Waals surface area (Å²) in [5.74, 6) is 0.0117. The van der Waals surface area contributed by atoms with Crippen LogP contribution in [0.25, 0.3) is 0 Å². The summed E-state index contributed by atoms with van der Waals surface area (Å²) in [6, 6.07) is 7.65. The van der Waals surface area contributed by atoms with E-state index in [0.29, 0.717) is 6.54 Å². The highest BCUT2D eigenvalue weighted by atomic mass is 16.2. The predicted octanol–water partition coefficient (Wildman–Crippen LogP) is 1.62. The van der Waals surface area contributed by atoms with Crippen LogP contribution in [-0.4, -0.2) is 38.0 Å². The maximum Gasteiger partial charge on any atom is 0.238 e. The van der Waals surface area contributed by atoms with Crippen LogP contribution in [0, 0.1) is 0 Å². The van der Waals surface area contributed by atoms with Gasteiger partial charge in [0.1, 0.15) is 0 Å². The number of carbonyl (C=O) groups is 1. The van der Waals surface area contributed by atoms with Crippen LogP contribution in [0.1, 0.15) is 6.92 Å². The number of benzene rings is 1. The Morgan fingerprint density at radius 1 is 1.38 bits per heavy atom. The van der Waals surface area contributed by atoms with Crippen LogP contribution in [0.15, 0.2) is 24.3 Å². The fraction of sp³-hybridized carbons (Fsp3) is 0.417. The topological polar surface area (TPSA) is 44.4 Å². The minimum Gasteiger partial charge on any atom is -0.388 e. The summed E-state index contributed by atoms with van der Waals surface area (Å²) in [6.45, 7) is 3.30. The normalized spacial score (nSPS) is 10.2.